The molecule has 28 heavy (non-hydrogen) atoms. The average molecular weight is 384 g/mol. The molecule has 0 saturated heterocycles. The maximum absolute atomic E-state index is 12.5. The highest BCUT2D eigenvalue weighted by Gasteiger charge is 2.27. The fourth-order valence-corrected chi connectivity index (χ4v) is 3.16. The molecule has 10 nitrogen and oxygen atoms in total. The molecule has 0 spiro atoms. The predicted molar refractivity (Wildman–Crippen MR) is 100.0 cm³/mol. The van der Waals surface area contributed by atoms with Gasteiger partial charge in [-0.1, -0.05) is 24.3 Å². The summed E-state index contributed by atoms with van der Waals surface area (Å²) in [5.41, 5.74) is 5.49. The van der Waals surface area contributed by atoms with Crippen molar-refractivity contribution in [2.24, 2.45) is 11.7 Å². The topological polar surface area (TPSA) is 175 Å². The molecule has 10 heteroatoms. The van der Waals surface area contributed by atoms with Gasteiger partial charge in [-0.3, -0.25) is 19.8 Å². The van der Waals surface area contributed by atoms with Crippen LogP contribution in [0.25, 0.3) is 11.4 Å². The Balaban J connectivity index is 1.74. The fraction of sp³-hybridized carbons (Fsp3) is 0.333. The molecule has 6 N–H and O–H groups in total. The van der Waals surface area contributed by atoms with Crippen molar-refractivity contribution in [2.75, 3.05) is 0 Å². The summed E-state index contributed by atoms with van der Waals surface area (Å²) >= 11 is 0. The van der Waals surface area contributed by atoms with Crippen molar-refractivity contribution in [2.45, 2.75) is 31.7 Å². The summed E-state index contributed by atoms with van der Waals surface area (Å²) in [6, 6.07) is 6.31. The number of aromatic nitrogens is 3. The van der Waals surface area contributed by atoms with E-state index >= 15 is 0 Å². The third kappa shape index (κ3) is 4.22. The van der Waals surface area contributed by atoms with Crippen LogP contribution in [-0.4, -0.2) is 44.0 Å². The van der Waals surface area contributed by atoms with Gasteiger partial charge < -0.3 is 16.2 Å². The molecule has 2 aromatic rings. The Morgan fingerprint density at radius 3 is 2.39 bits per heavy atom. The highest BCUT2D eigenvalue weighted by molar-refractivity contribution is 5.95. The van der Waals surface area contributed by atoms with Crippen molar-refractivity contribution in [1.29, 1.82) is 5.41 Å². The number of nitrogens with zero attached hydrogens (tertiary/aromatic N) is 2. The number of nitrogen functional groups attached to an aromatic ring is 1. The molecule has 0 bridgehead atoms. The van der Waals surface area contributed by atoms with Gasteiger partial charge in [0.2, 0.25) is 0 Å². The molecular weight excluding hydrogens is 364 g/mol. The summed E-state index contributed by atoms with van der Waals surface area (Å²) in [5.74, 6) is -1.75. The number of aromatic amines is 1. The first-order valence-electron chi connectivity index (χ1n) is 8.80. The SMILES string of the molecule is N=C(N)c1ccc(-c2n[nH]c(=O)c(C(=O)NC3CCC(C(=O)O)CC3)n2)cc1. The van der Waals surface area contributed by atoms with Gasteiger partial charge in [0.15, 0.2) is 11.5 Å². The van der Waals surface area contributed by atoms with Crippen LogP contribution < -0.4 is 16.6 Å². The normalized spacial score (nSPS) is 19.0. The Hall–Kier alpha value is -3.56. The van der Waals surface area contributed by atoms with E-state index in [9.17, 15) is 14.4 Å². The highest BCUT2D eigenvalue weighted by Crippen LogP contribution is 2.24. The van der Waals surface area contributed by atoms with Crippen LogP contribution in [0.3, 0.4) is 0 Å². The van der Waals surface area contributed by atoms with Crippen molar-refractivity contribution in [3.05, 3.63) is 45.9 Å². The van der Waals surface area contributed by atoms with Crippen molar-refractivity contribution < 1.29 is 14.7 Å². The zero-order valence-corrected chi connectivity index (χ0v) is 14.9. The lowest BCUT2D eigenvalue weighted by atomic mass is 9.86. The molecule has 0 aliphatic heterocycles. The Bertz CT molecular complexity index is 961. The Morgan fingerprint density at radius 2 is 1.82 bits per heavy atom. The minimum atomic E-state index is -0.822. The van der Waals surface area contributed by atoms with Gasteiger partial charge in [-0.2, -0.15) is 5.10 Å². The number of amidine groups is 1. The van der Waals surface area contributed by atoms with Crippen LogP contribution in [0.5, 0.6) is 0 Å². The van der Waals surface area contributed by atoms with Crippen LogP contribution in [-0.2, 0) is 4.79 Å². The second-order valence-corrected chi connectivity index (χ2v) is 6.69. The van der Waals surface area contributed by atoms with E-state index in [0.717, 1.165) is 0 Å². The van der Waals surface area contributed by atoms with Gasteiger partial charge in [-0.25, -0.2) is 10.1 Å². The Labute approximate surface area is 159 Å². The largest absolute Gasteiger partial charge is 0.481 e. The number of amides is 1. The number of aliphatic carboxylic acids is 1. The van der Waals surface area contributed by atoms with Gasteiger partial charge in [0.25, 0.3) is 11.5 Å². The molecule has 1 saturated carbocycles. The molecule has 1 aromatic carbocycles. The van der Waals surface area contributed by atoms with Crippen LogP contribution in [0.1, 0.15) is 41.7 Å². The van der Waals surface area contributed by atoms with Crippen LogP contribution in [0.2, 0.25) is 0 Å². The summed E-state index contributed by atoms with van der Waals surface area (Å²) in [6.45, 7) is 0. The number of carboxylic acids is 1. The minimum absolute atomic E-state index is 0.0772. The zero-order valence-electron chi connectivity index (χ0n) is 14.9. The lowest BCUT2D eigenvalue weighted by Crippen LogP contribution is -2.41. The van der Waals surface area contributed by atoms with Crippen molar-refractivity contribution in [3.8, 4) is 11.4 Å². The number of carbonyl (C=O) groups excluding carboxylic acids is 1. The summed E-state index contributed by atoms with van der Waals surface area (Å²) in [5, 5.41) is 25.3. The average Bonchev–Trinajstić information content (AvgIpc) is 2.68. The maximum atomic E-state index is 12.5. The summed E-state index contributed by atoms with van der Waals surface area (Å²) in [4.78, 5) is 39.6. The molecule has 0 unspecified atom stereocenters. The number of rotatable bonds is 5. The van der Waals surface area contributed by atoms with E-state index in [-0.39, 0.29) is 29.3 Å². The van der Waals surface area contributed by atoms with Crippen molar-refractivity contribution in [1.82, 2.24) is 20.5 Å². The number of benzene rings is 1. The van der Waals surface area contributed by atoms with Gasteiger partial charge in [0.05, 0.1) is 5.92 Å². The van der Waals surface area contributed by atoms with Gasteiger partial charge in [0.1, 0.15) is 5.84 Å². The number of H-pyrrole nitrogens is 1. The van der Waals surface area contributed by atoms with Gasteiger partial charge >= 0.3 is 5.97 Å². The summed E-state index contributed by atoms with van der Waals surface area (Å²) in [6.07, 6.45) is 2.03. The summed E-state index contributed by atoms with van der Waals surface area (Å²) in [7, 11) is 0. The predicted octanol–water partition coefficient (Wildman–Crippen LogP) is 0.489. The number of carboxylic acid groups (broad SMARTS) is 1. The highest BCUT2D eigenvalue weighted by atomic mass is 16.4. The second-order valence-electron chi connectivity index (χ2n) is 6.69. The smallest absolute Gasteiger partial charge is 0.306 e. The Kier molecular flexibility index (Phi) is 5.48. The van der Waals surface area contributed by atoms with Crippen LogP contribution in [0.4, 0.5) is 0 Å². The van der Waals surface area contributed by atoms with Gasteiger partial charge in [-0.15, -0.1) is 0 Å². The van der Waals surface area contributed by atoms with Crippen molar-refractivity contribution >= 4 is 17.7 Å². The third-order valence-electron chi connectivity index (χ3n) is 4.78. The molecule has 3 rings (SSSR count). The van der Waals surface area contributed by atoms with E-state index in [2.05, 4.69) is 20.5 Å². The van der Waals surface area contributed by atoms with Crippen LogP contribution in [0, 0.1) is 11.3 Å². The molecule has 1 aromatic heterocycles. The number of hydrogen-bond donors (Lipinski definition) is 5. The van der Waals surface area contributed by atoms with E-state index < -0.39 is 17.4 Å². The maximum Gasteiger partial charge on any atom is 0.306 e. The molecule has 1 heterocycles. The van der Waals surface area contributed by atoms with Crippen molar-refractivity contribution in [3.63, 3.8) is 0 Å². The first kappa shape index (κ1) is 19.2. The first-order valence-corrected chi connectivity index (χ1v) is 8.80. The molecule has 0 radical (unpaired) electrons. The molecule has 1 aliphatic rings. The van der Waals surface area contributed by atoms with E-state index in [4.69, 9.17) is 16.2 Å². The van der Waals surface area contributed by atoms with E-state index in [1.54, 1.807) is 24.3 Å². The molecule has 0 atom stereocenters. The van der Waals surface area contributed by atoms with Crippen LogP contribution >= 0.6 is 0 Å². The lowest BCUT2D eigenvalue weighted by molar-refractivity contribution is -0.142. The molecule has 1 fully saturated rings. The van der Waals surface area contributed by atoms with Gasteiger partial charge in [-0.05, 0) is 25.7 Å². The monoisotopic (exact) mass is 384 g/mol. The lowest BCUT2D eigenvalue weighted by Gasteiger charge is -2.26. The first-order chi connectivity index (χ1) is 13.3. The number of nitrogens with two attached hydrogens (primary N) is 1. The molecular formula is C18H20N6O4. The fourth-order valence-electron chi connectivity index (χ4n) is 3.16. The van der Waals surface area contributed by atoms with E-state index in [1.807, 2.05) is 0 Å². The minimum Gasteiger partial charge on any atom is -0.481 e. The van der Waals surface area contributed by atoms with E-state index in [1.165, 1.54) is 0 Å². The number of carbonyl (C=O) groups is 2. The number of hydrogen-bond acceptors (Lipinski definition) is 6. The Morgan fingerprint density at radius 1 is 1.18 bits per heavy atom. The molecule has 1 amide bonds. The molecule has 1 aliphatic carbocycles. The van der Waals surface area contributed by atoms with Crippen LogP contribution in [0.15, 0.2) is 29.1 Å². The quantitative estimate of drug-likeness (QED) is 0.368. The third-order valence-corrected chi connectivity index (χ3v) is 4.78. The van der Waals surface area contributed by atoms with Gasteiger partial charge in [0, 0.05) is 17.2 Å². The standard InChI is InChI=1S/C18H20N6O4/c19-14(20)9-1-3-10(4-2-9)15-22-13(17(26)24-23-15)16(25)21-12-7-5-11(6-8-12)18(27)28/h1-4,11-12H,5-8H2,(H3,19,20)(H,21,25)(H,24,26)(H,27,28). The zero-order chi connectivity index (χ0) is 20.3. The summed E-state index contributed by atoms with van der Waals surface area (Å²) < 4.78 is 0. The molecule has 146 valence electrons. The van der Waals surface area contributed by atoms with E-state index in [0.29, 0.717) is 36.8 Å². The second kappa shape index (κ2) is 7.99. The number of nitrogens with one attached hydrogen (secondary N) is 3.